The van der Waals surface area contributed by atoms with Crippen molar-refractivity contribution in [3.05, 3.63) is 89.0 Å². The number of likely N-dealkylation sites (tertiary alicyclic amines) is 1. The Morgan fingerprint density at radius 2 is 1.93 bits per heavy atom. The topological polar surface area (TPSA) is 63.3 Å². The molecule has 1 saturated heterocycles. The first-order valence-electron chi connectivity index (χ1n) is 14.8. The van der Waals surface area contributed by atoms with Crippen molar-refractivity contribution in [2.24, 2.45) is 0 Å². The van der Waals surface area contributed by atoms with E-state index in [1.165, 1.54) is 18.4 Å². The summed E-state index contributed by atoms with van der Waals surface area (Å²) < 4.78 is 8.89. The van der Waals surface area contributed by atoms with Crippen molar-refractivity contribution < 1.29 is 9.21 Å². The van der Waals surface area contributed by atoms with Crippen molar-refractivity contribution in [1.29, 1.82) is 0 Å². The van der Waals surface area contributed by atoms with E-state index in [0.29, 0.717) is 18.9 Å². The first kappa shape index (κ1) is 27.3. The Balaban J connectivity index is 1.38. The molecule has 3 aromatic rings. The minimum absolute atomic E-state index is 0.0314. The van der Waals surface area contributed by atoms with Crippen molar-refractivity contribution in [3.8, 4) is 5.69 Å². The number of aromatic nitrogens is 2. The first-order chi connectivity index (χ1) is 19.8. The zero-order chi connectivity index (χ0) is 28.6. The monoisotopic (exact) mass is 548 g/mol. The molecule has 41 heavy (non-hydrogen) atoms. The van der Waals surface area contributed by atoms with Crippen LogP contribution in [0.5, 0.6) is 0 Å². The molecule has 4 heterocycles. The quantitative estimate of drug-likeness (QED) is 0.178. The second-order valence-corrected chi connectivity index (χ2v) is 12.3. The molecule has 2 aromatic carbocycles. The van der Waals surface area contributed by atoms with Gasteiger partial charge in [-0.05, 0) is 78.2 Å². The molecule has 6 rings (SSSR count). The average Bonchev–Trinajstić information content (AvgIpc) is 3.49. The van der Waals surface area contributed by atoms with E-state index in [2.05, 4.69) is 77.6 Å². The van der Waals surface area contributed by atoms with Gasteiger partial charge in [-0.15, -0.1) is 0 Å². The summed E-state index contributed by atoms with van der Waals surface area (Å²) in [5, 5.41) is 5.02. The van der Waals surface area contributed by atoms with Crippen LogP contribution in [0.15, 0.2) is 71.5 Å². The third-order valence-electron chi connectivity index (χ3n) is 8.81. The lowest BCUT2D eigenvalue weighted by molar-refractivity contribution is -0.120. The molecule has 0 radical (unpaired) electrons. The van der Waals surface area contributed by atoms with Gasteiger partial charge in [-0.1, -0.05) is 57.7 Å². The van der Waals surface area contributed by atoms with E-state index in [-0.39, 0.29) is 11.3 Å². The Kier molecular flexibility index (Phi) is 7.43. The van der Waals surface area contributed by atoms with Gasteiger partial charge in [0.25, 0.3) is 0 Å². The molecule has 1 fully saturated rings. The van der Waals surface area contributed by atoms with Crippen LogP contribution in [0.1, 0.15) is 62.6 Å². The predicted molar refractivity (Wildman–Crippen MR) is 166 cm³/mol. The highest BCUT2D eigenvalue weighted by Crippen LogP contribution is 2.41. The van der Waals surface area contributed by atoms with Gasteiger partial charge in [0.2, 0.25) is 5.91 Å². The normalized spacial score (nSPS) is 15.2. The summed E-state index contributed by atoms with van der Waals surface area (Å²) in [4.78, 5) is 19.8. The Hall–Kier alpha value is -3.90. The van der Waals surface area contributed by atoms with Crippen molar-refractivity contribution >= 4 is 34.6 Å². The summed E-state index contributed by atoms with van der Waals surface area (Å²) in [6.07, 6.45) is 9.62. The van der Waals surface area contributed by atoms with E-state index in [9.17, 15) is 4.79 Å². The summed E-state index contributed by atoms with van der Waals surface area (Å²) in [6.45, 7) is 15.2. The van der Waals surface area contributed by atoms with E-state index in [4.69, 9.17) is 4.42 Å². The molecule has 3 aliphatic rings. The van der Waals surface area contributed by atoms with Crippen molar-refractivity contribution in [2.75, 3.05) is 26.2 Å². The number of carbonyl (C=O) groups excluding carboxylic acids is 1. The van der Waals surface area contributed by atoms with Crippen LogP contribution >= 0.6 is 0 Å². The molecule has 3 aliphatic heterocycles. The van der Waals surface area contributed by atoms with E-state index < -0.39 is 0 Å². The van der Waals surface area contributed by atoms with Crippen LogP contribution in [-0.4, -0.2) is 46.5 Å². The summed E-state index contributed by atoms with van der Waals surface area (Å²) in [5.74, 6) is 0.364. The molecule has 1 N–H and O–H groups in total. The highest BCUT2D eigenvalue weighted by molar-refractivity contribution is 5.92. The molecule has 6 nitrogen and oxygen atoms in total. The number of fused-ring (bicyclic) bond motifs is 2. The third kappa shape index (κ3) is 5.41. The van der Waals surface area contributed by atoms with Crippen molar-refractivity contribution in [2.45, 2.75) is 57.8 Å². The Bertz CT molecular complexity index is 1710. The van der Waals surface area contributed by atoms with Gasteiger partial charge in [0.15, 0.2) is 11.2 Å². The van der Waals surface area contributed by atoms with Crippen molar-refractivity contribution in [3.63, 3.8) is 0 Å². The number of carbonyl (C=O) groups is 1. The fraction of sp³-hybridized carbons (Fsp3) is 0.371. The van der Waals surface area contributed by atoms with Gasteiger partial charge >= 0.3 is 0 Å². The maximum Gasteiger partial charge on any atom is 0.224 e. The zero-order valence-corrected chi connectivity index (χ0v) is 24.5. The molecule has 0 bridgehead atoms. The first-order valence-corrected chi connectivity index (χ1v) is 14.8. The van der Waals surface area contributed by atoms with E-state index >= 15 is 0 Å². The number of hydrogen-bond donors (Lipinski definition) is 1. The summed E-state index contributed by atoms with van der Waals surface area (Å²) in [5.41, 5.74) is 6.82. The largest absolute Gasteiger partial charge is 0.453 e. The van der Waals surface area contributed by atoms with Gasteiger partial charge in [0, 0.05) is 42.6 Å². The molecule has 0 aliphatic carbocycles. The summed E-state index contributed by atoms with van der Waals surface area (Å²) in [7, 11) is 0. The minimum Gasteiger partial charge on any atom is -0.453 e. The third-order valence-corrected chi connectivity index (χ3v) is 8.81. The van der Waals surface area contributed by atoms with Crippen LogP contribution in [-0.2, 0) is 16.6 Å². The number of benzene rings is 2. The number of hydrogen-bond acceptors (Lipinski definition) is 4. The molecule has 212 valence electrons. The van der Waals surface area contributed by atoms with E-state index in [0.717, 1.165) is 70.2 Å². The minimum atomic E-state index is -0.169. The second-order valence-electron chi connectivity index (χ2n) is 12.3. The standard InChI is InChI=1S/C35H40N4O2/c1-24(26-10-9-15-36-22-26)21-35(3,4)29-14-13-28-25(2)27(20-32(40)37-16-19-38-17-7-8-18-38)23-39-30-11-5-6-12-31(30)41-34(29)33(28)39/h5-6,9-15,22-24H,2,7-8,16-21H2,1,3-4H3,(H,37,40). The summed E-state index contributed by atoms with van der Waals surface area (Å²) >= 11 is 0. The van der Waals surface area contributed by atoms with Crippen LogP contribution in [0.3, 0.4) is 0 Å². The van der Waals surface area contributed by atoms with Gasteiger partial charge in [-0.2, -0.15) is 0 Å². The Morgan fingerprint density at radius 3 is 2.71 bits per heavy atom. The maximum absolute atomic E-state index is 13.0. The molecule has 6 heteroatoms. The molecule has 0 spiro atoms. The van der Waals surface area contributed by atoms with Crippen LogP contribution < -0.4 is 10.5 Å². The lowest BCUT2D eigenvalue weighted by Crippen LogP contribution is -2.35. The van der Waals surface area contributed by atoms with E-state index in [1.807, 2.05) is 36.7 Å². The van der Waals surface area contributed by atoms with Crippen LogP contribution in [0.4, 0.5) is 0 Å². The van der Waals surface area contributed by atoms with Gasteiger partial charge in [-0.3, -0.25) is 9.78 Å². The Labute approximate surface area is 242 Å². The number of rotatable bonds is 9. The summed E-state index contributed by atoms with van der Waals surface area (Å²) in [6, 6.07) is 16.6. The fourth-order valence-electron chi connectivity index (χ4n) is 6.61. The fourth-order valence-corrected chi connectivity index (χ4v) is 6.61. The molecule has 1 amide bonds. The number of amides is 1. The average molecular weight is 549 g/mol. The van der Waals surface area contributed by atoms with Gasteiger partial charge in [-0.25, -0.2) is 0 Å². The van der Waals surface area contributed by atoms with Crippen molar-refractivity contribution in [1.82, 2.24) is 19.8 Å². The van der Waals surface area contributed by atoms with Gasteiger partial charge < -0.3 is 19.2 Å². The molecular weight excluding hydrogens is 508 g/mol. The van der Waals surface area contributed by atoms with Gasteiger partial charge in [0.1, 0.15) is 0 Å². The van der Waals surface area contributed by atoms with Crippen LogP contribution in [0, 0.1) is 0 Å². The van der Waals surface area contributed by atoms with Crippen LogP contribution in [0.2, 0.25) is 0 Å². The molecule has 1 atom stereocenters. The SMILES string of the molecule is C=c1c(CC(=O)NCCN2CCCC2)cn2c3ccccc3oc3c(C(C)(C)CC(C)c4cccnc4)ccc1c3-2. The van der Waals surface area contributed by atoms with E-state index in [1.54, 1.807) is 0 Å². The molecular formula is C35H40N4O2. The van der Waals surface area contributed by atoms with Crippen LogP contribution in [0.25, 0.3) is 34.3 Å². The second kappa shape index (κ2) is 11.2. The maximum atomic E-state index is 13.0. The number of nitrogens with zero attached hydrogens (tertiary/aromatic N) is 3. The highest BCUT2D eigenvalue weighted by Gasteiger charge is 2.30. The molecule has 1 aromatic heterocycles. The lowest BCUT2D eigenvalue weighted by Gasteiger charge is -2.31. The predicted octanol–water partition coefficient (Wildman–Crippen LogP) is 6.13. The zero-order valence-electron chi connectivity index (χ0n) is 24.5. The molecule has 0 saturated carbocycles. The number of pyridine rings is 2. The Morgan fingerprint density at radius 1 is 1.12 bits per heavy atom. The highest BCUT2D eigenvalue weighted by atomic mass is 16.3. The smallest absolute Gasteiger partial charge is 0.224 e. The number of nitrogens with one attached hydrogen (secondary N) is 1. The lowest BCUT2D eigenvalue weighted by atomic mass is 9.75. The molecule has 1 unspecified atom stereocenters. The van der Waals surface area contributed by atoms with Gasteiger partial charge in [0.05, 0.1) is 17.6 Å². The number of para-hydroxylation sites is 2.